The van der Waals surface area contributed by atoms with Gasteiger partial charge in [0, 0.05) is 30.3 Å². The van der Waals surface area contributed by atoms with Gasteiger partial charge in [-0.1, -0.05) is 61.3 Å². The Morgan fingerprint density at radius 1 is 1.18 bits per heavy atom. The molecule has 4 rings (SSSR count). The highest BCUT2D eigenvalue weighted by atomic mass is 32.2. The molecule has 1 aromatic heterocycles. The van der Waals surface area contributed by atoms with Gasteiger partial charge in [0.1, 0.15) is 22.4 Å². The Bertz CT molecular complexity index is 1380. The van der Waals surface area contributed by atoms with E-state index in [1.54, 1.807) is 11.0 Å². The molecule has 2 heterocycles. The standard InChI is InChI=1S/C29H29N3O4S2/c1-3-16-36-23-13-14-24(20(2)17-23)27-21(19-32(30-27)22-10-6-4-7-11-22)18-25-28(35)31(29(37)38-25)15-9-5-8-12-26(33)34/h3-4,6-7,10-11,13-14,17-19H,1,5,8-9,12,15-16H2,2H3,(H,33,34). The molecule has 0 bridgehead atoms. The van der Waals surface area contributed by atoms with Crippen LogP contribution in [0.15, 0.2) is 72.3 Å². The third kappa shape index (κ3) is 6.59. The number of hydrogen-bond acceptors (Lipinski definition) is 6. The molecule has 38 heavy (non-hydrogen) atoms. The minimum absolute atomic E-state index is 0.132. The molecule has 7 nitrogen and oxygen atoms in total. The largest absolute Gasteiger partial charge is 0.490 e. The smallest absolute Gasteiger partial charge is 0.303 e. The summed E-state index contributed by atoms with van der Waals surface area (Å²) in [5, 5.41) is 13.7. The lowest BCUT2D eigenvalue weighted by Gasteiger charge is -2.13. The summed E-state index contributed by atoms with van der Waals surface area (Å²) in [4.78, 5) is 26.1. The molecular weight excluding hydrogens is 518 g/mol. The third-order valence-electron chi connectivity index (χ3n) is 6.02. The van der Waals surface area contributed by atoms with Crippen molar-refractivity contribution in [3.63, 3.8) is 0 Å². The summed E-state index contributed by atoms with van der Waals surface area (Å²) in [5.41, 5.74) is 4.39. The zero-order valence-corrected chi connectivity index (χ0v) is 22.8. The van der Waals surface area contributed by atoms with Gasteiger partial charge in [0.25, 0.3) is 5.91 Å². The maximum atomic E-state index is 13.2. The van der Waals surface area contributed by atoms with Gasteiger partial charge in [0.15, 0.2) is 0 Å². The Hall–Kier alpha value is -3.69. The second-order valence-corrected chi connectivity index (χ2v) is 10.5. The van der Waals surface area contributed by atoms with Gasteiger partial charge < -0.3 is 9.84 Å². The predicted octanol–water partition coefficient (Wildman–Crippen LogP) is 6.26. The Morgan fingerprint density at radius 2 is 1.97 bits per heavy atom. The first-order chi connectivity index (χ1) is 18.4. The third-order valence-corrected chi connectivity index (χ3v) is 7.39. The molecule has 0 atom stereocenters. The van der Waals surface area contributed by atoms with E-state index in [2.05, 4.69) is 6.58 Å². The summed E-state index contributed by atoms with van der Waals surface area (Å²) in [5.74, 6) is -0.194. The molecule has 1 fully saturated rings. The zero-order valence-electron chi connectivity index (χ0n) is 21.1. The molecule has 1 N–H and O–H groups in total. The van der Waals surface area contributed by atoms with E-state index in [0.29, 0.717) is 35.2 Å². The molecule has 3 aromatic rings. The van der Waals surface area contributed by atoms with Crippen LogP contribution in [0.1, 0.15) is 36.8 Å². The normalized spacial score (nSPS) is 14.3. The fourth-order valence-electron chi connectivity index (χ4n) is 4.12. The molecule has 1 aliphatic heterocycles. The highest BCUT2D eigenvalue weighted by Crippen LogP contribution is 2.36. The molecular formula is C29H29N3O4S2. The van der Waals surface area contributed by atoms with Crippen LogP contribution in [0.2, 0.25) is 0 Å². The van der Waals surface area contributed by atoms with Crippen LogP contribution in [0, 0.1) is 6.92 Å². The molecule has 9 heteroatoms. The van der Waals surface area contributed by atoms with Crippen molar-refractivity contribution in [3.8, 4) is 22.7 Å². The summed E-state index contributed by atoms with van der Waals surface area (Å²) in [6, 6.07) is 15.7. The molecule has 0 saturated carbocycles. The first kappa shape index (κ1) is 27.3. The van der Waals surface area contributed by atoms with E-state index in [0.717, 1.165) is 40.2 Å². The number of rotatable bonds is 12. The molecule has 0 spiro atoms. The number of hydrogen-bond donors (Lipinski definition) is 1. The molecule has 0 aliphatic carbocycles. The highest BCUT2D eigenvalue weighted by molar-refractivity contribution is 8.26. The average Bonchev–Trinajstić information content (AvgIpc) is 3.43. The Labute approximate surface area is 231 Å². The number of nitrogens with zero attached hydrogens (tertiary/aromatic N) is 3. The average molecular weight is 548 g/mol. The summed E-state index contributed by atoms with van der Waals surface area (Å²) < 4.78 is 8.01. The number of amides is 1. The van der Waals surface area contributed by atoms with Crippen LogP contribution in [-0.4, -0.2) is 49.1 Å². The summed E-state index contributed by atoms with van der Waals surface area (Å²) in [6.07, 6.45) is 7.62. The Kier molecular flexibility index (Phi) is 9.15. The van der Waals surface area contributed by atoms with E-state index in [1.807, 2.05) is 72.4 Å². The molecule has 0 unspecified atom stereocenters. The minimum atomic E-state index is -0.806. The number of thioether (sulfide) groups is 1. The van der Waals surface area contributed by atoms with E-state index < -0.39 is 5.97 Å². The molecule has 1 amide bonds. The number of carboxylic acids is 1. The quantitative estimate of drug-likeness (QED) is 0.124. The molecule has 2 aromatic carbocycles. The van der Waals surface area contributed by atoms with Crippen molar-refractivity contribution in [2.45, 2.75) is 32.6 Å². The summed E-state index contributed by atoms with van der Waals surface area (Å²) >= 11 is 6.78. The van der Waals surface area contributed by atoms with Gasteiger partial charge >= 0.3 is 5.97 Å². The lowest BCUT2D eigenvalue weighted by Crippen LogP contribution is -2.29. The fraction of sp³-hybridized carbons (Fsp3) is 0.241. The minimum Gasteiger partial charge on any atom is -0.490 e. The maximum absolute atomic E-state index is 13.2. The lowest BCUT2D eigenvalue weighted by molar-refractivity contribution is -0.137. The fourth-order valence-corrected chi connectivity index (χ4v) is 5.42. The number of thiocarbonyl (C=S) groups is 1. The van der Waals surface area contributed by atoms with E-state index >= 15 is 0 Å². The summed E-state index contributed by atoms with van der Waals surface area (Å²) in [6.45, 7) is 6.60. The monoisotopic (exact) mass is 547 g/mol. The van der Waals surface area contributed by atoms with E-state index in [9.17, 15) is 9.59 Å². The predicted molar refractivity (Wildman–Crippen MR) is 155 cm³/mol. The number of aryl methyl sites for hydroxylation is 1. The van der Waals surface area contributed by atoms with Gasteiger partial charge in [-0.15, -0.1) is 0 Å². The van der Waals surface area contributed by atoms with Crippen molar-refractivity contribution in [2.24, 2.45) is 0 Å². The van der Waals surface area contributed by atoms with Crippen LogP contribution in [0.3, 0.4) is 0 Å². The molecule has 196 valence electrons. The van der Waals surface area contributed by atoms with Crippen molar-refractivity contribution in [3.05, 3.63) is 83.4 Å². The Morgan fingerprint density at radius 3 is 2.68 bits per heavy atom. The van der Waals surface area contributed by atoms with Gasteiger partial charge in [-0.2, -0.15) is 5.10 Å². The topological polar surface area (TPSA) is 84.7 Å². The van der Waals surface area contributed by atoms with Gasteiger partial charge in [-0.05, 0) is 61.7 Å². The van der Waals surface area contributed by atoms with E-state index in [-0.39, 0.29) is 12.3 Å². The lowest BCUT2D eigenvalue weighted by atomic mass is 10.0. The van der Waals surface area contributed by atoms with Crippen LogP contribution in [0.5, 0.6) is 5.75 Å². The number of aromatic nitrogens is 2. The van der Waals surface area contributed by atoms with E-state index in [4.69, 9.17) is 27.2 Å². The van der Waals surface area contributed by atoms with Crippen LogP contribution in [0.4, 0.5) is 0 Å². The van der Waals surface area contributed by atoms with Crippen molar-refractivity contribution in [2.75, 3.05) is 13.2 Å². The first-order valence-electron chi connectivity index (χ1n) is 12.3. The molecule has 1 aliphatic rings. The van der Waals surface area contributed by atoms with Gasteiger partial charge in [-0.25, -0.2) is 4.68 Å². The van der Waals surface area contributed by atoms with Crippen LogP contribution >= 0.6 is 24.0 Å². The maximum Gasteiger partial charge on any atom is 0.303 e. The van der Waals surface area contributed by atoms with E-state index in [1.165, 1.54) is 11.8 Å². The zero-order chi connectivity index (χ0) is 27.1. The SMILES string of the molecule is C=CCOc1ccc(-c2nn(-c3ccccc3)cc2C=C2SC(=S)N(CCCCCC(=O)O)C2=O)c(C)c1. The Balaban J connectivity index is 1.63. The number of para-hydroxylation sites is 1. The van der Waals surface area contributed by atoms with Crippen LogP contribution in [-0.2, 0) is 9.59 Å². The first-order valence-corrected chi connectivity index (χ1v) is 13.6. The van der Waals surface area contributed by atoms with Crippen LogP contribution < -0.4 is 4.74 Å². The molecule has 1 saturated heterocycles. The van der Waals surface area contributed by atoms with Crippen molar-refractivity contribution in [1.82, 2.24) is 14.7 Å². The van der Waals surface area contributed by atoms with Gasteiger partial charge in [-0.3, -0.25) is 14.5 Å². The number of carboxylic acid groups (broad SMARTS) is 1. The van der Waals surface area contributed by atoms with Crippen molar-refractivity contribution >= 4 is 46.3 Å². The second kappa shape index (κ2) is 12.7. The highest BCUT2D eigenvalue weighted by Gasteiger charge is 2.32. The van der Waals surface area contributed by atoms with Crippen LogP contribution in [0.25, 0.3) is 23.0 Å². The number of benzene rings is 2. The number of carbonyl (C=O) groups excluding carboxylic acids is 1. The van der Waals surface area contributed by atoms with Gasteiger partial charge in [0.05, 0.1) is 10.6 Å². The molecule has 0 radical (unpaired) electrons. The summed E-state index contributed by atoms with van der Waals surface area (Å²) in [7, 11) is 0. The van der Waals surface area contributed by atoms with Crippen molar-refractivity contribution < 1.29 is 19.4 Å². The number of carbonyl (C=O) groups is 2. The second-order valence-electron chi connectivity index (χ2n) is 8.83. The number of ether oxygens (including phenoxy) is 1. The number of aliphatic carboxylic acids is 1. The van der Waals surface area contributed by atoms with Crippen molar-refractivity contribution in [1.29, 1.82) is 0 Å². The van der Waals surface area contributed by atoms with Gasteiger partial charge in [0.2, 0.25) is 0 Å². The number of unbranched alkanes of at least 4 members (excludes halogenated alkanes) is 2.